The quantitative estimate of drug-likeness (QED) is 0.741. The summed E-state index contributed by atoms with van der Waals surface area (Å²) in [6.07, 6.45) is 0.982. The van der Waals surface area contributed by atoms with Crippen LogP contribution in [0.15, 0.2) is 35.4 Å². The summed E-state index contributed by atoms with van der Waals surface area (Å²) in [5.41, 5.74) is 1.40. The lowest BCUT2D eigenvalue weighted by Gasteiger charge is -2.06. The van der Waals surface area contributed by atoms with Gasteiger partial charge in [0.05, 0.1) is 12.8 Å². The van der Waals surface area contributed by atoms with E-state index in [9.17, 15) is 13.2 Å². The van der Waals surface area contributed by atoms with Crippen molar-refractivity contribution in [2.45, 2.75) is 24.8 Å². The molecule has 2 rings (SSSR count). The van der Waals surface area contributed by atoms with Gasteiger partial charge in [-0.2, -0.15) is 5.10 Å². The van der Waals surface area contributed by atoms with Crippen LogP contribution >= 0.6 is 0 Å². The van der Waals surface area contributed by atoms with Crippen LogP contribution in [0.1, 0.15) is 28.5 Å². The second kappa shape index (κ2) is 7.38. The van der Waals surface area contributed by atoms with Crippen molar-refractivity contribution in [1.82, 2.24) is 14.9 Å². The van der Waals surface area contributed by atoms with Crippen molar-refractivity contribution in [2.24, 2.45) is 0 Å². The van der Waals surface area contributed by atoms with Crippen LogP contribution in [0.2, 0.25) is 0 Å². The molecule has 0 aliphatic rings. The fraction of sp³-hybridized carbons (Fsp3) is 0.333. The number of aromatic amines is 1. The van der Waals surface area contributed by atoms with Gasteiger partial charge in [-0.1, -0.05) is 37.3 Å². The Morgan fingerprint density at radius 1 is 1.30 bits per heavy atom. The Morgan fingerprint density at radius 3 is 2.61 bits per heavy atom. The second-order valence-corrected chi connectivity index (χ2v) is 6.54. The van der Waals surface area contributed by atoms with Gasteiger partial charge in [0.1, 0.15) is 5.56 Å². The summed E-state index contributed by atoms with van der Waals surface area (Å²) < 4.78 is 31.9. The molecule has 8 heteroatoms. The summed E-state index contributed by atoms with van der Waals surface area (Å²) in [5.74, 6) is -0.723. The number of H-pyrrole nitrogens is 1. The molecule has 2 N–H and O–H groups in total. The lowest BCUT2D eigenvalue weighted by Crippen LogP contribution is -2.28. The SMILES string of the molecule is CCc1[nH]nc(S(=O)(=O)NCCc2ccccc2)c1C(=O)OC. The molecule has 0 saturated carbocycles. The molecule has 0 bridgehead atoms. The van der Waals surface area contributed by atoms with Crippen molar-refractivity contribution in [3.05, 3.63) is 47.2 Å². The maximum absolute atomic E-state index is 12.4. The molecule has 0 radical (unpaired) electrons. The molecule has 0 aliphatic heterocycles. The Kier molecular flexibility index (Phi) is 5.51. The molecular formula is C15H19N3O4S. The second-order valence-electron chi connectivity index (χ2n) is 4.86. The highest BCUT2D eigenvalue weighted by Crippen LogP contribution is 2.18. The molecule has 0 amide bonds. The van der Waals surface area contributed by atoms with Crippen molar-refractivity contribution in [2.75, 3.05) is 13.7 Å². The Hall–Kier alpha value is -2.19. The lowest BCUT2D eigenvalue weighted by molar-refractivity contribution is 0.0595. The Balaban J connectivity index is 2.16. The third-order valence-electron chi connectivity index (χ3n) is 3.35. The Bertz CT molecular complexity index is 769. The fourth-order valence-electron chi connectivity index (χ4n) is 2.16. The van der Waals surface area contributed by atoms with Crippen LogP contribution in [0, 0.1) is 0 Å². The summed E-state index contributed by atoms with van der Waals surface area (Å²) in [6, 6.07) is 9.50. The summed E-state index contributed by atoms with van der Waals surface area (Å²) >= 11 is 0. The number of hydrogen-bond donors (Lipinski definition) is 2. The molecule has 7 nitrogen and oxygen atoms in total. The number of carbonyl (C=O) groups excluding carboxylic acids is 1. The topological polar surface area (TPSA) is 101 Å². The van der Waals surface area contributed by atoms with Crippen LogP contribution in [0.25, 0.3) is 0 Å². The standard InChI is InChI=1S/C15H19N3O4S/c1-3-12-13(15(19)22-2)14(18-17-12)23(20,21)16-10-9-11-7-5-4-6-8-11/h4-8,16H,3,9-10H2,1-2H3,(H,17,18). The monoisotopic (exact) mass is 337 g/mol. The van der Waals surface area contributed by atoms with Crippen molar-refractivity contribution in [1.29, 1.82) is 0 Å². The first-order valence-electron chi connectivity index (χ1n) is 7.18. The van der Waals surface area contributed by atoms with E-state index in [2.05, 4.69) is 19.7 Å². The highest BCUT2D eigenvalue weighted by molar-refractivity contribution is 7.89. The highest BCUT2D eigenvalue weighted by atomic mass is 32.2. The average Bonchev–Trinajstić information content (AvgIpc) is 3.00. The van der Waals surface area contributed by atoms with Gasteiger partial charge in [0.15, 0.2) is 0 Å². The highest BCUT2D eigenvalue weighted by Gasteiger charge is 2.29. The number of carbonyl (C=O) groups is 1. The van der Waals surface area contributed by atoms with E-state index in [1.807, 2.05) is 30.3 Å². The van der Waals surface area contributed by atoms with Gasteiger partial charge >= 0.3 is 5.97 Å². The molecule has 0 unspecified atom stereocenters. The van der Waals surface area contributed by atoms with Crippen LogP contribution in [0.5, 0.6) is 0 Å². The largest absolute Gasteiger partial charge is 0.465 e. The smallest absolute Gasteiger partial charge is 0.342 e. The predicted octanol–water partition coefficient (Wildman–Crippen LogP) is 1.28. The molecule has 1 aromatic heterocycles. The third-order valence-corrected chi connectivity index (χ3v) is 4.74. The van der Waals surface area contributed by atoms with Gasteiger partial charge in [-0.05, 0) is 18.4 Å². The number of ether oxygens (including phenoxy) is 1. The fourth-order valence-corrected chi connectivity index (χ4v) is 3.31. The van der Waals surface area contributed by atoms with Gasteiger partial charge in [-0.25, -0.2) is 17.9 Å². The normalized spacial score (nSPS) is 11.4. The van der Waals surface area contributed by atoms with Gasteiger partial charge in [0.2, 0.25) is 5.03 Å². The number of nitrogens with zero attached hydrogens (tertiary/aromatic N) is 1. The number of hydrogen-bond acceptors (Lipinski definition) is 5. The maximum atomic E-state index is 12.4. The molecule has 0 atom stereocenters. The van der Waals surface area contributed by atoms with Crippen LogP contribution in [-0.2, 0) is 27.6 Å². The number of aromatic nitrogens is 2. The molecule has 0 saturated heterocycles. The minimum Gasteiger partial charge on any atom is -0.465 e. The molecular weight excluding hydrogens is 318 g/mol. The first-order chi connectivity index (χ1) is 11.0. The zero-order valence-corrected chi connectivity index (χ0v) is 13.8. The third kappa shape index (κ3) is 3.96. The molecule has 0 fully saturated rings. The number of aryl methyl sites for hydroxylation is 1. The van der Waals surface area contributed by atoms with Crippen molar-refractivity contribution in [3.8, 4) is 0 Å². The van der Waals surface area contributed by atoms with E-state index in [1.165, 1.54) is 7.11 Å². The van der Waals surface area contributed by atoms with Crippen LogP contribution in [0.4, 0.5) is 0 Å². The minimum atomic E-state index is -3.90. The first-order valence-corrected chi connectivity index (χ1v) is 8.67. The van der Waals surface area contributed by atoms with E-state index in [1.54, 1.807) is 6.92 Å². The van der Waals surface area contributed by atoms with E-state index in [0.717, 1.165) is 5.56 Å². The van der Waals surface area contributed by atoms with Crippen molar-refractivity contribution >= 4 is 16.0 Å². The number of esters is 1. The summed E-state index contributed by atoms with van der Waals surface area (Å²) in [6.45, 7) is 2.00. The van der Waals surface area contributed by atoms with Crippen molar-refractivity contribution in [3.63, 3.8) is 0 Å². The van der Waals surface area contributed by atoms with E-state index < -0.39 is 16.0 Å². The van der Waals surface area contributed by atoms with Gasteiger partial charge in [-0.15, -0.1) is 0 Å². The molecule has 124 valence electrons. The van der Waals surface area contributed by atoms with E-state index >= 15 is 0 Å². The number of rotatable bonds is 7. The molecule has 0 aliphatic carbocycles. The van der Waals surface area contributed by atoms with E-state index in [4.69, 9.17) is 0 Å². The molecule has 23 heavy (non-hydrogen) atoms. The zero-order valence-electron chi connectivity index (χ0n) is 13.0. The maximum Gasteiger partial charge on any atom is 0.342 e. The summed E-state index contributed by atoms with van der Waals surface area (Å²) in [5, 5.41) is 6.04. The van der Waals surface area contributed by atoms with Gasteiger partial charge in [0, 0.05) is 6.54 Å². The average molecular weight is 337 g/mol. The van der Waals surface area contributed by atoms with E-state index in [-0.39, 0.29) is 17.1 Å². The Morgan fingerprint density at radius 2 is 2.00 bits per heavy atom. The number of nitrogens with one attached hydrogen (secondary N) is 2. The van der Waals surface area contributed by atoms with Gasteiger partial charge < -0.3 is 4.74 Å². The summed E-state index contributed by atoms with van der Waals surface area (Å²) in [4.78, 5) is 11.8. The Labute approximate surface area is 135 Å². The van der Waals surface area contributed by atoms with Gasteiger partial charge in [0.25, 0.3) is 10.0 Å². The minimum absolute atomic E-state index is 0.0396. The van der Waals surface area contributed by atoms with Crippen molar-refractivity contribution < 1.29 is 17.9 Å². The summed E-state index contributed by atoms with van der Waals surface area (Å²) in [7, 11) is -2.70. The predicted molar refractivity (Wildman–Crippen MR) is 84.6 cm³/mol. The van der Waals surface area contributed by atoms with Crippen LogP contribution < -0.4 is 4.72 Å². The molecule has 1 aromatic carbocycles. The number of methoxy groups -OCH3 is 1. The number of benzene rings is 1. The first kappa shape index (κ1) is 17.2. The van der Waals surface area contributed by atoms with Crippen LogP contribution in [-0.4, -0.2) is 38.2 Å². The van der Waals surface area contributed by atoms with Crippen LogP contribution in [0.3, 0.4) is 0 Å². The molecule has 0 spiro atoms. The molecule has 2 aromatic rings. The van der Waals surface area contributed by atoms with Gasteiger partial charge in [-0.3, -0.25) is 5.10 Å². The number of sulfonamides is 1. The zero-order chi connectivity index (χ0) is 16.9. The molecule has 1 heterocycles. The van der Waals surface area contributed by atoms with E-state index in [0.29, 0.717) is 18.5 Å². The lowest BCUT2D eigenvalue weighted by atomic mass is 10.2.